The summed E-state index contributed by atoms with van der Waals surface area (Å²) in [6, 6.07) is 6.03. The first-order valence-electron chi connectivity index (χ1n) is 10.1. The van der Waals surface area contributed by atoms with Gasteiger partial charge in [-0.05, 0) is 18.6 Å². The summed E-state index contributed by atoms with van der Waals surface area (Å²) in [5, 5.41) is 23.6. The van der Waals surface area contributed by atoms with Crippen molar-refractivity contribution in [3.63, 3.8) is 0 Å². The maximum absolute atomic E-state index is 11.8. The zero-order valence-corrected chi connectivity index (χ0v) is 18.7. The van der Waals surface area contributed by atoms with Gasteiger partial charge in [-0.1, -0.05) is 26.8 Å². The molecule has 0 fully saturated rings. The van der Waals surface area contributed by atoms with E-state index in [4.69, 9.17) is 19.9 Å². The Labute approximate surface area is 182 Å². The number of aliphatic carboxylic acids is 1. The summed E-state index contributed by atoms with van der Waals surface area (Å²) in [6.45, 7) is 6.67. The Morgan fingerprint density at radius 3 is 2.55 bits per heavy atom. The van der Waals surface area contributed by atoms with E-state index in [-0.39, 0.29) is 5.41 Å². The summed E-state index contributed by atoms with van der Waals surface area (Å²) in [5.41, 5.74) is 2.73. The molecular weight excluding hydrogens is 400 g/mol. The van der Waals surface area contributed by atoms with Gasteiger partial charge in [-0.25, -0.2) is 9.59 Å². The van der Waals surface area contributed by atoms with Crippen molar-refractivity contribution in [2.75, 3.05) is 38.8 Å². The number of amides is 2. The molecule has 2 amide bonds. The summed E-state index contributed by atoms with van der Waals surface area (Å²) in [5.74, 6) is -0.551. The van der Waals surface area contributed by atoms with Crippen LogP contribution in [0.25, 0.3) is 10.9 Å². The minimum atomic E-state index is -1.33. The molecule has 0 saturated heterocycles. The second-order valence-corrected chi connectivity index (χ2v) is 8.41. The molecule has 1 atom stereocenters. The zero-order valence-electron chi connectivity index (χ0n) is 18.7. The Morgan fingerprint density at radius 1 is 1.26 bits per heavy atom. The van der Waals surface area contributed by atoms with E-state index in [0.717, 1.165) is 28.0 Å². The van der Waals surface area contributed by atoms with Gasteiger partial charge in [0, 0.05) is 42.7 Å². The van der Waals surface area contributed by atoms with Gasteiger partial charge in [0.15, 0.2) is 6.04 Å². The van der Waals surface area contributed by atoms with E-state index in [1.54, 1.807) is 7.11 Å². The lowest BCUT2D eigenvalue weighted by Gasteiger charge is -2.24. The van der Waals surface area contributed by atoms with E-state index >= 15 is 0 Å². The Balaban J connectivity index is 2.08. The zero-order chi connectivity index (χ0) is 23.2. The smallest absolute Gasteiger partial charge is 0.328 e. The Hall–Kier alpha value is -3.07. The van der Waals surface area contributed by atoms with Crippen LogP contribution in [-0.2, 0) is 10.2 Å². The number of benzene rings is 1. The summed E-state index contributed by atoms with van der Waals surface area (Å²) < 4.78 is 5.45. The van der Waals surface area contributed by atoms with Crippen LogP contribution in [0, 0.1) is 0 Å². The van der Waals surface area contributed by atoms with Crippen LogP contribution in [0.15, 0.2) is 24.3 Å². The maximum Gasteiger partial charge on any atom is 0.328 e. The standard InChI is InChI=1S/C22H32N4O5/c1-22(2,3)18-8-7-14-11-15(31-5)12-17(19(14)25-18)26(4)10-6-9-23-21(30)24-16(13-27)20(28)29/h7-8,11-12,16,27H,6,9-10,13H2,1-5H3,(H,28,29)(H2,23,24,30)/t16-/m0/s1. The lowest BCUT2D eigenvalue weighted by Crippen LogP contribution is -2.48. The largest absolute Gasteiger partial charge is 0.497 e. The molecule has 0 bridgehead atoms. The molecule has 1 heterocycles. The summed E-state index contributed by atoms with van der Waals surface area (Å²) in [6.07, 6.45) is 0.623. The predicted molar refractivity (Wildman–Crippen MR) is 120 cm³/mol. The number of hydrogen-bond acceptors (Lipinski definition) is 6. The van der Waals surface area contributed by atoms with Crippen molar-refractivity contribution in [3.8, 4) is 5.75 Å². The third kappa shape index (κ3) is 6.45. The van der Waals surface area contributed by atoms with Crippen LogP contribution in [-0.4, -0.2) is 67.1 Å². The molecule has 2 aromatic rings. The van der Waals surface area contributed by atoms with Crippen LogP contribution >= 0.6 is 0 Å². The highest BCUT2D eigenvalue weighted by Crippen LogP contribution is 2.32. The number of aromatic nitrogens is 1. The first-order chi connectivity index (χ1) is 14.6. The average molecular weight is 433 g/mol. The van der Waals surface area contributed by atoms with Gasteiger partial charge < -0.3 is 30.5 Å². The Morgan fingerprint density at radius 2 is 1.97 bits per heavy atom. The average Bonchev–Trinajstić information content (AvgIpc) is 2.72. The van der Waals surface area contributed by atoms with Crippen LogP contribution in [0.3, 0.4) is 0 Å². The minimum Gasteiger partial charge on any atom is -0.497 e. The fourth-order valence-electron chi connectivity index (χ4n) is 3.05. The number of anilines is 1. The molecule has 1 aromatic carbocycles. The molecule has 2 rings (SSSR count). The Bertz CT molecular complexity index is 926. The van der Waals surface area contributed by atoms with Gasteiger partial charge in [0.1, 0.15) is 5.75 Å². The molecule has 0 aliphatic carbocycles. The second kappa shape index (κ2) is 10.3. The number of carboxylic acid groups (broad SMARTS) is 1. The van der Waals surface area contributed by atoms with Crippen LogP contribution in [0.4, 0.5) is 10.5 Å². The number of urea groups is 1. The van der Waals surface area contributed by atoms with Crippen molar-refractivity contribution in [2.24, 2.45) is 0 Å². The van der Waals surface area contributed by atoms with Crippen molar-refractivity contribution in [3.05, 3.63) is 30.0 Å². The van der Waals surface area contributed by atoms with E-state index in [2.05, 4.69) is 42.4 Å². The molecular formula is C22H32N4O5. The van der Waals surface area contributed by atoms with Crippen LogP contribution < -0.4 is 20.3 Å². The number of aliphatic hydroxyl groups excluding tert-OH is 1. The van der Waals surface area contributed by atoms with Crippen molar-refractivity contribution >= 4 is 28.6 Å². The van der Waals surface area contributed by atoms with E-state index < -0.39 is 24.6 Å². The number of aliphatic hydroxyl groups is 1. The number of ether oxygens (including phenoxy) is 1. The number of nitrogens with one attached hydrogen (secondary N) is 2. The number of nitrogens with zero attached hydrogens (tertiary/aromatic N) is 2. The van der Waals surface area contributed by atoms with Crippen molar-refractivity contribution in [1.29, 1.82) is 0 Å². The van der Waals surface area contributed by atoms with Crippen LogP contribution in [0.2, 0.25) is 0 Å². The number of rotatable bonds is 9. The number of carbonyl (C=O) groups excluding carboxylic acids is 1. The highest BCUT2D eigenvalue weighted by atomic mass is 16.5. The van der Waals surface area contributed by atoms with Gasteiger partial charge in [0.2, 0.25) is 0 Å². The fourth-order valence-corrected chi connectivity index (χ4v) is 3.05. The molecule has 170 valence electrons. The molecule has 0 aliphatic heterocycles. The molecule has 0 aliphatic rings. The van der Waals surface area contributed by atoms with Gasteiger partial charge in [-0.3, -0.25) is 4.98 Å². The van der Waals surface area contributed by atoms with Crippen LogP contribution in [0.5, 0.6) is 5.75 Å². The number of methoxy groups -OCH3 is 1. The van der Waals surface area contributed by atoms with Gasteiger partial charge in [-0.2, -0.15) is 0 Å². The summed E-state index contributed by atoms with van der Waals surface area (Å²) in [7, 11) is 3.58. The maximum atomic E-state index is 11.8. The lowest BCUT2D eigenvalue weighted by atomic mass is 9.91. The minimum absolute atomic E-state index is 0.0797. The molecule has 0 saturated carbocycles. The van der Waals surface area contributed by atoms with E-state index in [1.165, 1.54) is 0 Å². The quantitative estimate of drug-likeness (QED) is 0.447. The van der Waals surface area contributed by atoms with Gasteiger partial charge >= 0.3 is 12.0 Å². The number of fused-ring (bicyclic) bond motifs is 1. The Kier molecular flexibility index (Phi) is 8.04. The number of carbonyl (C=O) groups is 2. The third-order valence-corrected chi connectivity index (χ3v) is 4.90. The normalized spacial score (nSPS) is 12.3. The number of hydrogen-bond donors (Lipinski definition) is 4. The topological polar surface area (TPSA) is 124 Å². The van der Waals surface area contributed by atoms with E-state index in [0.29, 0.717) is 19.5 Å². The predicted octanol–water partition coefficient (Wildman–Crippen LogP) is 2.11. The van der Waals surface area contributed by atoms with Gasteiger partial charge in [0.05, 0.1) is 24.9 Å². The van der Waals surface area contributed by atoms with Gasteiger partial charge in [0.25, 0.3) is 0 Å². The van der Waals surface area contributed by atoms with E-state index in [1.807, 2.05) is 25.2 Å². The number of pyridine rings is 1. The summed E-state index contributed by atoms with van der Waals surface area (Å²) >= 11 is 0. The highest BCUT2D eigenvalue weighted by Gasteiger charge is 2.19. The van der Waals surface area contributed by atoms with Gasteiger partial charge in [-0.15, -0.1) is 0 Å². The SMILES string of the molecule is COc1cc(N(C)CCCNC(=O)N[C@@H](CO)C(=O)O)c2nc(C(C)(C)C)ccc2c1. The molecule has 0 spiro atoms. The molecule has 9 heteroatoms. The molecule has 0 radical (unpaired) electrons. The number of carboxylic acids is 1. The van der Waals surface area contributed by atoms with Crippen LogP contribution in [0.1, 0.15) is 32.9 Å². The summed E-state index contributed by atoms with van der Waals surface area (Å²) in [4.78, 5) is 29.6. The van der Waals surface area contributed by atoms with Crippen molar-refractivity contribution in [1.82, 2.24) is 15.6 Å². The molecule has 9 nitrogen and oxygen atoms in total. The third-order valence-electron chi connectivity index (χ3n) is 4.90. The first-order valence-corrected chi connectivity index (χ1v) is 10.1. The van der Waals surface area contributed by atoms with Crippen molar-refractivity contribution in [2.45, 2.75) is 38.6 Å². The lowest BCUT2D eigenvalue weighted by molar-refractivity contribution is -0.140. The monoisotopic (exact) mass is 432 g/mol. The van der Waals surface area contributed by atoms with E-state index in [9.17, 15) is 9.59 Å². The molecule has 4 N–H and O–H groups in total. The fraction of sp³-hybridized carbons (Fsp3) is 0.500. The first kappa shape index (κ1) is 24.2. The molecule has 1 aromatic heterocycles. The highest BCUT2D eigenvalue weighted by molar-refractivity contribution is 5.92. The molecule has 0 unspecified atom stereocenters. The molecule has 31 heavy (non-hydrogen) atoms. The van der Waals surface area contributed by atoms with Crippen molar-refractivity contribution < 1.29 is 24.5 Å². The second-order valence-electron chi connectivity index (χ2n) is 8.41.